The Kier molecular flexibility index (Phi) is 5.85. The van der Waals surface area contributed by atoms with Crippen LogP contribution in [0.25, 0.3) is 0 Å². The first kappa shape index (κ1) is 14.7. The van der Waals surface area contributed by atoms with E-state index in [1.807, 2.05) is 6.92 Å². The van der Waals surface area contributed by atoms with Gasteiger partial charge < -0.3 is 15.4 Å². The van der Waals surface area contributed by atoms with E-state index in [-0.39, 0.29) is 0 Å². The molecule has 0 aliphatic carbocycles. The largest absolute Gasteiger partial charge is 0.481 e. The van der Waals surface area contributed by atoms with Gasteiger partial charge in [0.05, 0.1) is 12.7 Å². The summed E-state index contributed by atoms with van der Waals surface area (Å²) in [7, 11) is 1.63. The smallest absolute Gasteiger partial charge is 0.221 e. The number of ether oxygens (including phenoxy) is 1. The second-order valence-electron chi connectivity index (χ2n) is 4.81. The first-order valence-corrected chi connectivity index (χ1v) is 6.40. The zero-order valence-electron chi connectivity index (χ0n) is 11.8. The Labute approximate surface area is 109 Å². The molecule has 0 unspecified atom stereocenters. The molecule has 5 nitrogen and oxygen atoms in total. The molecular weight excluding hydrogens is 228 g/mol. The first-order valence-electron chi connectivity index (χ1n) is 6.40. The van der Waals surface area contributed by atoms with Crippen molar-refractivity contribution in [3.05, 3.63) is 11.9 Å². The van der Waals surface area contributed by atoms with Crippen LogP contribution in [-0.2, 0) is 0 Å². The molecule has 0 saturated carbocycles. The van der Waals surface area contributed by atoms with E-state index in [1.165, 1.54) is 0 Å². The number of hydrogen-bond acceptors (Lipinski definition) is 5. The van der Waals surface area contributed by atoms with E-state index in [2.05, 4.69) is 28.7 Å². The number of methoxy groups -OCH3 is 1. The summed E-state index contributed by atoms with van der Waals surface area (Å²) in [4.78, 5) is 10.8. The highest BCUT2D eigenvalue weighted by atomic mass is 16.5. The Hall–Kier alpha value is -1.36. The standard InChI is InChI=1S/C13H24N4O/c1-10(2)8-17(7-5-6-14)12-11(3)13(18-4)16-9-15-12/h9-10H,5-8,14H2,1-4H3. The van der Waals surface area contributed by atoms with Gasteiger partial charge in [-0.2, -0.15) is 0 Å². The van der Waals surface area contributed by atoms with Crippen LogP contribution < -0.4 is 15.4 Å². The van der Waals surface area contributed by atoms with Gasteiger partial charge in [0.1, 0.15) is 12.1 Å². The molecular formula is C13H24N4O. The van der Waals surface area contributed by atoms with Crippen molar-refractivity contribution in [1.82, 2.24) is 9.97 Å². The van der Waals surface area contributed by atoms with Gasteiger partial charge in [0.25, 0.3) is 0 Å². The van der Waals surface area contributed by atoms with Gasteiger partial charge in [-0.1, -0.05) is 13.8 Å². The Morgan fingerprint density at radius 1 is 1.39 bits per heavy atom. The van der Waals surface area contributed by atoms with Crippen molar-refractivity contribution in [2.75, 3.05) is 31.6 Å². The van der Waals surface area contributed by atoms with Crippen LogP contribution in [0.3, 0.4) is 0 Å². The molecule has 1 heterocycles. The highest BCUT2D eigenvalue weighted by Crippen LogP contribution is 2.24. The lowest BCUT2D eigenvalue weighted by Gasteiger charge is -2.27. The predicted octanol–water partition coefficient (Wildman–Crippen LogP) is 1.60. The van der Waals surface area contributed by atoms with Gasteiger partial charge in [-0.15, -0.1) is 0 Å². The Morgan fingerprint density at radius 3 is 2.67 bits per heavy atom. The Bertz CT molecular complexity index is 368. The lowest BCUT2D eigenvalue weighted by Crippen LogP contribution is -2.31. The average Bonchev–Trinajstić information content (AvgIpc) is 2.34. The predicted molar refractivity (Wildman–Crippen MR) is 74.0 cm³/mol. The zero-order valence-corrected chi connectivity index (χ0v) is 11.8. The SMILES string of the molecule is COc1ncnc(N(CCCN)CC(C)C)c1C. The summed E-state index contributed by atoms with van der Waals surface area (Å²) in [6.45, 7) is 8.95. The lowest BCUT2D eigenvalue weighted by atomic mass is 10.2. The summed E-state index contributed by atoms with van der Waals surface area (Å²) in [5.41, 5.74) is 6.58. The molecule has 0 bridgehead atoms. The van der Waals surface area contributed by atoms with E-state index in [9.17, 15) is 0 Å². The number of aromatic nitrogens is 2. The fraction of sp³-hybridized carbons (Fsp3) is 0.692. The Balaban J connectivity index is 2.96. The molecule has 1 aromatic heterocycles. The molecule has 0 aliphatic heterocycles. The van der Waals surface area contributed by atoms with Crippen molar-refractivity contribution < 1.29 is 4.74 Å². The number of nitrogens with zero attached hydrogens (tertiary/aromatic N) is 3. The maximum Gasteiger partial charge on any atom is 0.221 e. The fourth-order valence-electron chi connectivity index (χ4n) is 1.96. The third kappa shape index (κ3) is 3.84. The van der Waals surface area contributed by atoms with Gasteiger partial charge in [-0.3, -0.25) is 0 Å². The van der Waals surface area contributed by atoms with Crippen LogP contribution >= 0.6 is 0 Å². The molecule has 102 valence electrons. The molecule has 0 fully saturated rings. The number of hydrogen-bond donors (Lipinski definition) is 1. The van der Waals surface area contributed by atoms with Crippen LogP contribution in [0.5, 0.6) is 5.88 Å². The van der Waals surface area contributed by atoms with Gasteiger partial charge in [0.15, 0.2) is 0 Å². The quantitative estimate of drug-likeness (QED) is 0.798. The number of nitrogens with two attached hydrogens (primary N) is 1. The fourth-order valence-corrected chi connectivity index (χ4v) is 1.96. The zero-order chi connectivity index (χ0) is 13.5. The van der Waals surface area contributed by atoms with Crippen molar-refractivity contribution in [1.29, 1.82) is 0 Å². The summed E-state index contributed by atoms with van der Waals surface area (Å²) in [6, 6.07) is 0. The van der Waals surface area contributed by atoms with Gasteiger partial charge in [0, 0.05) is 13.1 Å². The van der Waals surface area contributed by atoms with Crippen LogP contribution in [-0.4, -0.2) is 36.7 Å². The molecule has 1 aromatic rings. The van der Waals surface area contributed by atoms with Gasteiger partial charge in [-0.05, 0) is 25.8 Å². The summed E-state index contributed by atoms with van der Waals surface area (Å²) < 4.78 is 5.24. The first-order chi connectivity index (χ1) is 8.60. The van der Waals surface area contributed by atoms with Crippen molar-refractivity contribution in [3.63, 3.8) is 0 Å². The summed E-state index contributed by atoms with van der Waals surface area (Å²) in [5.74, 6) is 2.16. The molecule has 0 aliphatic rings. The van der Waals surface area contributed by atoms with Crippen molar-refractivity contribution >= 4 is 5.82 Å². The van der Waals surface area contributed by atoms with Gasteiger partial charge in [0.2, 0.25) is 5.88 Å². The minimum Gasteiger partial charge on any atom is -0.481 e. The molecule has 2 N–H and O–H groups in total. The van der Waals surface area contributed by atoms with E-state index >= 15 is 0 Å². The molecule has 0 saturated heterocycles. The summed E-state index contributed by atoms with van der Waals surface area (Å²) >= 11 is 0. The monoisotopic (exact) mass is 252 g/mol. The second-order valence-corrected chi connectivity index (χ2v) is 4.81. The van der Waals surface area contributed by atoms with Crippen molar-refractivity contribution in [3.8, 4) is 5.88 Å². The van der Waals surface area contributed by atoms with E-state index < -0.39 is 0 Å². The van der Waals surface area contributed by atoms with Crippen molar-refractivity contribution in [2.24, 2.45) is 11.7 Å². The van der Waals surface area contributed by atoms with Gasteiger partial charge >= 0.3 is 0 Å². The molecule has 0 aromatic carbocycles. The van der Waals surface area contributed by atoms with Crippen LogP contribution in [0.2, 0.25) is 0 Å². The van der Waals surface area contributed by atoms with E-state index in [1.54, 1.807) is 13.4 Å². The molecule has 0 spiro atoms. The average molecular weight is 252 g/mol. The third-order valence-corrected chi connectivity index (χ3v) is 2.72. The Morgan fingerprint density at radius 2 is 2.11 bits per heavy atom. The highest BCUT2D eigenvalue weighted by Gasteiger charge is 2.15. The maximum absolute atomic E-state index is 5.60. The maximum atomic E-state index is 5.60. The molecule has 18 heavy (non-hydrogen) atoms. The van der Waals surface area contributed by atoms with Crippen LogP contribution in [0.15, 0.2) is 6.33 Å². The third-order valence-electron chi connectivity index (χ3n) is 2.72. The van der Waals surface area contributed by atoms with Crippen LogP contribution in [0, 0.1) is 12.8 Å². The topological polar surface area (TPSA) is 64.3 Å². The lowest BCUT2D eigenvalue weighted by molar-refractivity contribution is 0.393. The van der Waals surface area contributed by atoms with Crippen molar-refractivity contribution in [2.45, 2.75) is 27.2 Å². The molecule has 0 radical (unpaired) electrons. The van der Waals surface area contributed by atoms with Crippen LogP contribution in [0.4, 0.5) is 5.82 Å². The van der Waals surface area contributed by atoms with E-state index in [0.717, 1.165) is 30.9 Å². The second kappa shape index (κ2) is 7.16. The van der Waals surface area contributed by atoms with E-state index in [0.29, 0.717) is 18.3 Å². The normalized spacial score (nSPS) is 10.8. The summed E-state index contributed by atoms with van der Waals surface area (Å²) in [6.07, 6.45) is 2.51. The minimum absolute atomic E-state index is 0.572. The molecule has 0 atom stereocenters. The molecule has 1 rings (SSSR count). The highest BCUT2D eigenvalue weighted by molar-refractivity contribution is 5.50. The van der Waals surface area contributed by atoms with E-state index in [4.69, 9.17) is 10.5 Å². The molecule has 5 heteroatoms. The number of rotatable bonds is 7. The summed E-state index contributed by atoms with van der Waals surface area (Å²) in [5, 5.41) is 0. The van der Waals surface area contributed by atoms with Crippen LogP contribution in [0.1, 0.15) is 25.8 Å². The molecule has 0 amide bonds. The van der Waals surface area contributed by atoms with Gasteiger partial charge in [-0.25, -0.2) is 9.97 Å². The minimum atomic E-state index is 0.572. The number of anilines is 1.